The summed E-state index contributed by atoms with van der Waals surface area (Å²) in [7, 11) is 0. The third-order valence-corrected chi connectivity index (χ3v) is 6.15. The van der Waals surface area contributed by atoms with Crippen LogP contribution < -0.4 is 11.1 Å². The zero-order chi connectivity index (χ0) is 21.1. The fourth-order valence-corrected chi connectivity index (χ4v) is 4.49. The van der Waals surface area contributed by atoms with E-state index in [1.54, 1.807) is 0 Å². The average Bonchev–Trinajstić information content (AvgIpc) is 3.33. The number of amides is 1. The Morgan fingerprint density at radius 3 is 2.37 bits per heavy atom. The second-order valence-electron chi connectivity index (χ2n) is 7.15. The number of benzene rings is 2. The van der Waals surface area contributed by atoms with Crippen molar-refractivity contribution in [1.29, 1.82) is 0 Å². The van der Waals surface area contributed by atoms with Crippen LogP contribution >= 0.6 is 11.3 Å². The first kappa shape index (κ1) is 20.3. The summed E-state index contributed by atoms with van der Waals surface area (Å²) in [6.07, 6.45) is -1.08. The van der Waals surface area contributed by atoms with Crippen LogP contribution in [0.5, 0.6) is 0 Å². The van der Waals surface area contributed by atoms with Crippen LogP contribution in [0.25, 0.3) is 11.1 Å². The van der Waals surface area contributed by atoms with E-state index in [4.69, 9.17) is 10.5 Å². The summed E-state index contributed by atoms with van der Waals surface area (Å²) in [6.45, 7) is 0.397. The quantitative estimate of drug-likeness (QED) is 0.462. The number of nitrogen functional groups attached to an aromatic ring is 1. The van der Waals surface area contributed by atoms with Gasteiger partial charge in [-0.15, -0.1) is 0 Å². The number of nitrogens with two attached hydrogens (primary N) is 1. The third kappa shape index (κ3) is 4.16. The molecule has 2 unspecified atom stereocenters. The maximum atomic E-state index is 12.1. The molecule has 1 aromatic heterocycles. The van der Waals surface area contributed by atoms with Gasteiger partial charge in [0.25, 0.3) is 0 Å². The molecule has 0 fully saturated rings. The summed E-state index contributed by atoms with van der Waals surface area (Å²) in [4.78, 5) is 16.5. The van der Waals surface area contributed by atoms with Crippen LogP contribution in [0.1, 0.15) is 34.4 Å². The van der Waals surface area contributed by atoms with Crippen molar-refractivity contribution in [3.8, 4) is 11.1 Å². The monoisotopic (exact) mass is 425 g/mol. The minimum atomic E-state index is -1.09. The van der Waals surface area contributed by atoms with E-state index >= 15 is 0 Å². The van der Waals surface area contributed by atoms with Crippen molar-refractivity contribution < 1.29 is 19.7 Å². The summed E-state index contributed by atoms with van der Waals surface area (Å²) in [5.74, 6) is -0.00708. The van der Waals surface area contributed by atoms with E-state index in [1.165, 1.54) is 17.3 Å². The van der Waals surface area contributed by atoms with Gasteiger partial charge < -0.3 is 26.0 Å². The minimum absolute atomic E-state index is 0.00708. The van der Waals surface area contributed by atoms with Crippen molar-refractivity contribution in [2.24, 2.45) is 0 Å². The standard InChI is InChI=1S/C22H23N3O4S/c23-21-25-11-19(30-21)20(27)18(26)9-10-24-22(28)29-12-17-15-7-3-1-5-13(15)14-6-2-4-8-16(14)17/h1-8,11,17-18,20,26-27H,9-10,12H2,(H2,23,25)(H,24,28). The first-order valence-corrected chi connectivity index (χ1v) is 10.5. The van der Waals surface area contributed by atoms with Gasteiger partial charge in [-0.25, -0.2) is 9.78 Å². The van der Waals surface area contributed by atoms with Crippen LogP contribution in [0.2, 0.25) is 0 Å². The van der Waals surface area contributed by atoms with Crippen molar-refractivity contribution in [1.82, 2.24) is 10.3 Å². The number of ether oxygens (including phenoxy) is 1. The number of thiazole rings is 1. The lowest BCUT2D eigenvalue weighted by Gasteiger charge is -2.17. The van der Waals surface area contributed by atoms with Crippen molar-refractivity contribution >= 4 is 22.6 Å². The number of carbonyl (C=O) groups is 1. The van der Waals surface area contributed by atoms with E-state index in [0.29, 0.717) is 10.0 Å². The maximum absolute atomic E-state index is 12.1. The molecular weight excluding hydrogens is 402 g/mol. The van der Waals surface area contributed by atoms with Gasteiger partial charge in [0.05, 0.1) is 11.0 Å². The number of fused-ring (bicyclic) bond motifs is 3. The fourth-order valence-electron chi connectivity index (χ4n) is 3.76. The highest BCUT2D eigenvalue weighted by atomic mass is 32.1. The lowest BCUT2D eigenvalue weighted by molar-refractivity contribution is 0.0156. The fraction of sp³-hybridized carbons (Fsp3) is 0.273. The molecule has 1 aliphatic rings. The number of aromatic nitrogens is 1. The molecule has 8 heteroatoms. The second-order valence-corrected chi connectivity index (χ2v) is 8.25. The normalized spacial score (nSPS) is 14.6. The number of rotatable bonds is 7. The van der Waals surface area contributed by atoms with E-state index < -0.39 is 18.3 Å². The van der Waals surface area contributed by atoms with Crippen LogP contribution in [0.3, 0.4) is 0 Å². The largest absolute Gasteiger partial charge is 0.449 e. The molecule has 3 aromatic rings. The average molecular weight is 426 g/mol. The lowest BCUT2D eigenvalue weighted by Crippen LogP contribution is -2.30. The molecule has 5 N–H and O–H groups in total. The molecule has 0 bridgehead atoms. The van der Waals surface area contributed by atoms with Gasteiger partial charge in [-0.2, -0.15) is 0 Å². The van der Waals surface area contributed by atoms with Gasteiger partial charge in [0.1, 0.15) is 12.7 Å². The molecule has 1 aliphatic carbocycles. The van der Waals surface area contributed by atoms with Gasteiger partial charge in [-0.1, -0.05) is 59.9 Å². The molecule has 0 radical (unpaired) electrons. The summed E-state index contributed by atoms with van der Waals surface area (Å²) < 4.78 is 5.45. The number of carbonyl (C=O) groups excluding carboxylic acids is 1. The number of nitrogens with zero attached hydrogens (tertiary/aromatic N) is 1. The maximum Gasteiger partial charge on any atom is 0.407 e. The van der Waals surface area contributed by atoms with Gasteiger partial charge in [-0.05, 0) is 28.7 Å². The van der Waals surface area contributed by atoms with Gasteiger partial charge in [-0.3, -0.25) is 0 Å². The molecular formula is C22H23N3O4S. The van der Waals surface area contributed by atoms with Crippen LogP contribution in [-0.4, -0.2) is 40.5 Å². The summed E-state index contributed by atoms with van der Waals surface area (Å²) in [6, 6.07) is 16.3. The van der Waals surface area contributed by atoms with Crippen molar-refractivity contribution in [3.63, 3.8) is 0 Å². The Bertz CT molecular complexity index is 993. The number of aliphatic hydroxyl groups is 2. The number of nitrogens with one attached hydrogen (secondary N) is 1. The van der Waals surface area contributed by atoms with E-state index in [-0.39, 0.29) is 25.5 Å². The number of aliphatic hydroxyl groups excluding tert-OH is 2. The molecule has 1 heterocycles. The minimum Gasteiger partial charge on any atom is -0.449 e. The summed E-state index contributed by atoms with van der Waals surface area (Å²) >= 11 is 1.12. The highest BCUT2D eigenvalue weighted by Crippen LogP contribution is 2.44. The molecule has 2 atom stereocenters. The van der Waals surface area contributed by atoms with Crippen molar-refractivity contribution in [2.45, 2.75) is 24.5 Å². The Morgan fingerprint density at radius 2 is 1.77 bits per heavy atom. The van der Waals surface area contributed by atoms with E-state index in [9.17, 15) is 15.0 Å². The molecule has 4 rings (SSSR count). The number of anilines is 1. The van der Waals surface area contributed by atoms with Crippen molar-refractivity contribution in [2.75, 3.05) is 18.9 Å². The Balaban J connectivity index is 1.28. The predicted octanol–water partition coefficient (Wildman–Crippen LogP) is 3.05. The second kappa shape index (κ2) is 8.83. The number of hydrogen-bond acceptors (Lipinski definition) is 7. The van der Waals surface area contributed by atoms with Gasteiger partial charge in [0.2, 0.25) is 0 Å². The molecule has 156 valence electrons. The molecule has 1 amide bonds. The highest BCUT2D eigenvalue weighted by molar-refractivity contribution is 7.15. The van der Waals surface area contributed by atoms with E-state index in [1.807, 2.05) is 24.3 Å². The third-order valence-electron chi connectivity index (χ3n) is 5.25. The summed E-state index contributed by atoms with van der Waals surface area (Å²) in [5, 5.41) is 23.2. The van der Waals surface area contributed by atoms with E-state index in [0.717, 1.165) is 22.5 Å². The topological polar surface area (TPSA) is 118 Å². The lowest BCUT2D eigenvalue weighted by atomic mass is 9.98. The Hall–Kier alpha value is -2.94. The SMILES string of the molecule is Nc1ncc(C(O)C(O)CCNC(=O)OCC2c3ccccc3-c3ccccc32)s1. The molecule has 30 heavy (non-hydrogen) atoms. The smallest absolute Gasteiger partial charge is 0.407 e. The number of alkyl carbamates (subject to hydrolysis) is 1. The molecule has 0 spiro atoms. The van der Waals surface area contributed by atoms with Crippen LogP contribution in [0.4, 0.5) is 9.93 Å². The van der Waals surface area contributed by atoms with Crippen LogP contribution in [0.15, 0.2) is 54.7 Å². The molecule has 0 saturated heterocycles. The zero-order valence-corrected chi connectivity index (χ0v) is 17.0. The Morgan fingerprint density at radius 1 is 1.13 bits per heavy atom. The van der Waals surface area contributed by atoms with Crippen LogP contribution in [0, 0.1) is 0 Å². The molecule has 0 saturated carbocycles. The van der Waals surface area contributed by atoms with Crippen molar-refractivity contribution in [3.05, 3.63) is 70.7 Å². The Labute approximate surface area is 178 Å². The first-order chi connectivity index (χ1) is 14.5. The Kier molecular flexibility index (Phi) is 5.98. The summed E-state index contributed by atoms with van der Waals surface area (Å²) in [5.41, 5.74) is 10.2. The molecule has 2 aromatic carbocycles. The van der Waals surface area contributed by atoms with Crippen LogP contribution in [-0.2, 0) is 4.74 Å². The van der Waals surface area contributed by atoms with Gasteiger partial charge >= 0.3 is 6.09 Å². The van der Waals surface area contributed by atoms with Gasteiger partial charge in [0, 0.05) is 18.7 Å². The van der Waals surface area contributed by atoms with Gasteiger partial charge in [0.15, 0.2) is 5.13 Å². The van der Waals surface area contributed by atoms with E-state index in [2.05, 4.69) is 34.6 Å². The first-order valence-electron chi connectivity index (χ1n) is 9.70. The highest BCUT2D eigenvalue weighted by Gasteiger charge is 2.29. The zero-order valence-electron chi connectivity index (χ0n) is 16.2. The molecule has 7 nitrogen and oxygen atoms in total. The predicted molar refractivity (Wildman–Crippen MR) is 115 cm³/mol. The molecule has 0 aliphatic heterocycles. The number of hydrogen-bond donors (Lipinski definition) is 4.